The van der Waals surface area contributed by atoms with Crippen molar-refractivity contribution in [3.05, 3.63) is 29.6 Å². The van der Waals surface area contributed by atoms with Crippen LogP contribution in [0.3, 0.4) is 0 Å². The number of hydrogen-bond donors (Lipinski definition) is 2. The fraction of sp³-hybridized carbons (Fsp3) is 0.538. The first-order chi connectivity index (χ1) is 8.87. The summed E-state index contributed by atoms with van der Waals surface area (Å²) in [6, 6.07) is 3.33. The minimum atomic E-state index is -2.98. The van der Waals surface area contributed by atoms with Crippen LogP contribution < -0.4 is 5.32 Å². The van der Waals surface area contributed by atoms with Crippen LogP contribution in [0.5, 0.6) is 5.75 Å². The van der Waals surface area contributed by atoms with E-state index in [0.717, 1.165) is 6.42 Å². The van der Waals surface area contributed by atoms with Crippen molar-refractivity contribution in [2.24, 2.45) is 0 Å². The SMILES string of the molecule is CC(NC1CCCS(=O)(=O)C1)c1cc(F)ccc1O. The molecule has 1 saturated heterocycles. The highest BCUT2D eigenvalue weighted by molar-refractivity contribution is 7.91. The smallest absolute Gasteiger partial charge is 0.151 e. The average molecular weight is 287 g/mol. The zero-order chi connectivity index (χ0) is 14.0. The molecule has 1 heterocycles. The summed E-state index contributed by atoms with van der Waals surface area (Å²) in [7, 11) is -2.98. The van der Waals surface area contributed by atoms with Gasteiger partial charge in [0.15, 0.2) is 9.84 Å². The summed E-state index contributed by atoms with van der Waals surface area (Å²) in [6.07, 6.45) is 1.42. The van der Waals surface area contributed by atoms with Gasteiger partial charge < -0.3 is 10.4 Å². The zero-order valence-electron chi connectivity index (χ0n) is 10.8. The van der Waals surface area contributed by atoms with Crippen LogP contribution in [-0.2, 0) is 9.84 Å². The van der Waals surface area contributed by atoms with Gasteiger partial charge in [-0.15, -0.1) is 0 Å². The van der Waals surface area contributed by atoms with Crippen molar-refractivity contribution in [2.75, 3.05) is 11.5 Å². The Kier molecular flexibility index (Phi) is 4.10. The Balaban J connectivity index is 2.08. The maximum absolute atomic E-state index is 13.2. The van der Waals surface area contributed by atoms with E-state index in [1.54, 1.807) is 6.92 Å². The van der Waals surface area contributed by atoms with E-state index in [1.807, 2.05) is 0 Å². The number of rotatable bonds is 3. The highest BCUT2D eigenvalue weighted by atomic mass is 32.2. The second-order valence-corrected chi connectivity index (χ2v) is 7.27. The molecule has 1 fully saturated rings. The van der Waals surface area contributed by atoms with Gasteiger partial charge in [0.2, 0.25) is 0 Å². The van der Waals surface area contributed by atoms with Gasteiger partial charge in [-0.25, -0.2) is 12.8 Å². The third-order valence-corrected chi connectivity index (χ3v) is 5.23. The second-order valence-electron chi connectivity index (χ2n) is 5.05. The topological polar surface area (TPSA) is 66.4 Å². The minimum Gasteiger partial charge on any atom is -0.508 e. The molecule has 106 valence electrons. The van der Waals surface area contributed by atoms with Crippen LogP contribution in [0, 0.1) is 5.82 Å². The summed E-state index contributed by atoms with van der Waals surface area (Å²) in [5.74, 6) is -0.0594. The third-order valence-electron chi connectivity index (χ3n) is 3.40. The van der Waals surface area contributed by atoms with E-state index in [0.29, 0.717) is 12.0 Å². The molecular weight excluding hydrogens is 269 g/mol. The molecule has 0 aromatic heterocycles. The van der Waals surface area contributed by atoms with Gasteiger partial charge in [0, 0.05) is 17.6 Å². The van der Waals surface area contributed by atoms with Crippen molar-refractivity contribution in [3.63, 3.8) is 0 Å². The summed E-state index contributed by atoms with van der Waals surface area (Å²) >= 11 is 0. The number of nitrogens with one attached hydrogen (secondary N) is 1. The molecule has 0 aliphatic carbocycles. The molecule has 0 saturated carbocycles. The number of halogens is 1. The van der Waals surface area contributed by atoms with Gasteiger partial charge in [-0.3, -0.25) is 0 Å². The fourth-order valence-electron chi connectivity index (χ4n) is 2.47. The first kappa shape index (κ1) is 14.3. The molecule has 2 N–H and O–H groups in total. The summed E-state index contributed by atoms with van der Waals surface area (Å²) in [5, 5.41) is 12.9. The van der Waals surface area contributed by atoms with Gasteiger partial charge in [0.1, 0.15) is 11.6 Å². The summed E-state index contributed by atoms with van der Waals surface area (Å²) in [6.45, 7) is 1.79. The van der Waals surface area contributed by atoms with Crippen LogP contribution in [0.2, 0.25) is 0 Å². The molecule has 1 aliphatic heterocycles. The molecule has 0 radical (unpaired) electrons. The van der Waals surface area contributed by atoms with Gasteiger partial charge in [-0.2, -0.15) is 0 Å². The molecule has 1 aromatic rings. The standard InChI is InChI=1S/C13H18FNO3S/c1-9(12-7-10(14)4-5-13(12)16)15-11-3-2-6-19(17,18)8-11/h4-5,7,9,11,15-16H,2-3,6,8H2,1H3. The van der Waals surface area contributed by atoms with Crippen molar-refractivity contribution in [1.82, 2.24) is 5.32 Å². The average Bonchev–Trinajstić information content (AvgIpc) is 2.31. The van der Waals surface area contributed by atoms with Crippen molar-refractivity contribution in [3.8, 4) is 5.75 Å². The molecule has 1 aromatic carbocycles. The van der Waals surface area contributed by atoms with Crippen LogP contribution in [0.4, 0.5) is 4.39 Å². The lowest BCUT2D eigenvalue weighted by Crippen LogP contribution is -2.41. The first-order valence-corrected chi connectivity index (χ1v) is 8.14. The maximum Gasteiger partial charge on any atom is 0.151 e. The Labute approximate surface area is 112 Å². The Bertz CT molecular complexity index is 559. The molecule has 0 spiro atoms. The maximum atomic E-state index is 13.2. The number of aromatic hydroxyl groups is 1. The van der Waals surface area contributed by atoms with E-state index in [2.05, 4.69) is 5.32 Å². The lowest BCUT2D eigenvalue weighted by atomic mass is 10.0. The minimum absolute atomic E-state index is 0.0140. The molecule has 1 aliphatic rings. The molecule has 0 bridgehead atoms. The predicted octanol–water partition coefficient (Wildman–Crippen LogP) is 1.76. The number of phenolic OH excluding ortho intramolecular Hbond substituents is 1. The highest BCUT2D eigenvalue weighted by Gasteiger charge is 2.26. The van der Waals surface area contributed by atoms with Crippen molar-refractivity contribution < 1.29 is 17.9 Å². The molecule has 2 rings (SSSR count). The van der Waals surface area contributed by atoms with Gasteiger partial charge in [-0.1, -0.05) is 0 Å². The summed E-state index contributed by atoms with van der Waals surface area (Å²) in [4.78, 5) is 0. The molecule has 2 atom stereocenters. The van der Waals surface area contributed by atoms with Gasteiger partial charge >= 0.3 is 0 Å². The predicted molar refractivity (Wildman–Crippen MR) is 71.3 cm³/mol. The molecule has 0 amide bonds. The Hall–Kier alpha value is -1.14. The van der Waals surface area contributed by atoms with Crippen molar-refractivity contribution >= 4 is 9.84 Å². The van der Waals surface area contributed by atoms with Crippen LogP contribution in [0.25, 0.3) is 0 Å². The largest absolute Gasteiger partial charge is 0.508 e. The van der Waals surface area contributed by atoms with E-state index in [1.165, 1.54) is 18.2 Å². The Morgan fingerprint density at radius 2 is 2.21 bits per heavy atom. The van der Waals surface area contributed by atoms with Crippen LogP contribution in [-0.4, -0.2) is 31.1 Å². The molecule has 19 heavy (non-hydrogen) atoms. The lowest BCUT2D eigenvalue weighted by Gasteiger charge is -2.27. The molecule has 6 heteroatoms. The normalized spacial score (nSPS) is 24.0. The van der Waals surface area contributed by atoms with Gasteiger partial charge in [0.05, 0.1) is 11.5 Å². The van der Waals surface area contributed by atoms with Crippen LogP contribution >= 0.6 is 0 Å². The van der Waals surface area contributed by atoms with E-state index >= 15 is 0 Å². The van der Waals surface area contributed by atoms with Gasteiger partial charge in [0.25, 0.3) is 0 Å². The van der Waals surface area contributed by atoms with Crippen molar-refractivity contribution in [2.45, 2.75) is 31.8 Å². The summed E-state index contributed by atoms with van der Waals surface area (Å²) in [5.41, 5.74) is 0.447. The van der Waals surface area contributed by atoms with Crippen LogP contribution in [0.15, 0.2) is 18.2 Å². The Morgan fingerprint density at radius 1 is 1.47 bits per heavy atom. The van der Waals surface area contributed by atoms with Crippen molar-refractivity contribution in [1.29, 1.82) is 0 Å². The van der Waals surface area contributed by atoms with E-state index in [9.17, 15) is 17.9 Å². The molecular formula is C13H18FNO3S. The van der Waals surface area contributed by atoms with E-state index in [-0.39, 0.29) is 29.3 Å². The van der Waals surface area contributed by atoms with Crippen LogP contribution in [0.1, 0.15) is 31.4 Å². The van der Waals surface area contributed by atoms with E-state index < -0.39 is 15.7 Å². The number of phenols is 1. The number of hydrogen-bond acceptors (Lipinski definition) is 4. The second kappa shape index (κ2) is 5.46. The zero-order valence-corrected chi connectivity index (χ0v) is 11.6. The number of benzene rings is 1. The fourth-order valence-corrected chi connectivity index (χ4v) is 4.12. The Morgan fingerprint density at radius 3 is 2.89 bits per heavy atom. The summed E-state index contributed by atoms with van der Waals surface area (Å²) < 4.78 is 36.3. The lowest BCUT2D eigenvalue weighted by molar-refractivity contribution is 0.414. The monoisotopic (exact) mass is 287 g/mol. The quantitative estimate of drug-likeness (QED) is 0.889. The van der Waals surface area contributed by atoms with E-state index in [4.69, 9.17) is 0 Å². The molecule has 4 nitrogen and oxygen atoms in total. The number of sulfone groups is 1. The van der Waals surface area contributed by atoms with Gasteiger partial charge in [-0.05, 0) is 38.0 Å². The first-order valence-electron chi connectivity index (χ1n) is 6.32. The third kappa shape index (κ3) is 3.67. The highest BCUT2D eigenvalue weighted by Crippen LogP contribution is 2.26. The molecule has 2 unspecified atom stereocenters.